The van der Waals surface area contributed by atoms with Gasteiger partial charge in [-0.1, -0.05) is 11.6 Å². The summed E-state index contributed by atoms with van der Waals surface area (Å²) in [4.78, 5) is 4.72. The molecule has 0 bridgehead atoms. The maximum atomic E-state index is 6.06. The first-order chi connectivity index (χ1) is 9.70. The van der Waals surface area contributed by atoms with Crippen LogP contribution in [0.15, 0.2) is 30.6 Å². The Bertz CT molecular complexity index is 784. The minimum atomic E-state index is 0.559. The van der Waals surface area contributed by atoms with Gasteiger partial charge in [-0.05, 0) is 31.0 Å². The van der Waals surface area contributed by atoms with Crippen LogP contribution in [0.4, 0.5) is 5.69 Å². The zero-order chi connectivity index (χ0) is 13.7. The Labute approximate surface area is 121 Å². The highest BCUT2D eigenvalue weighted by molar-refractivity contribution is 6.31. The van der Waals surface area contributed by atoms with E-state index in [1.165, 1.54) is 12.8 Å². The standard InChI is InChI=1S/C14H14ClN5/c15-9-1-4-13-12(5-9)18-14(20(13)11-2-3-11)8-19-7-10(16)6-17-19/h1,4-7,11H,2-3,8,16H2. The molecule has 5 nitrogen and oxygen atoms in total. The van der Waals surface area contributed by atoms with Gasteiger partial charge in [-0.25, -0.2) is 4.98 Å². The van der Waals surface area contributed by atoms with Crippen LogP contribution in [0.25, 0.3) is 11.0 Å². The minimum absolute atomic E-state index is 0.559. The third-order valence-electron chi connectivity index (χ3n) is 3.59. The van der Waals surface area contributed by atoms with Gasteiger partial charge in [0, 0.05) is 17.3 Å². The van der Waals surface area contributed by atoms with E-state index in [1.54, 1.807) is 6.20 Å². The molecule has 1 aliphatic carbocycles. The summed E-state index contributed by atoms with van der Waals surface area (Å²) in [5, 5.41) is 4.95. The number of hydrogen-bond donors (Lipinski definition) is 1. The smallest absolute Gasteiger partial charge is 0.131 e. The second kappa shape index (κ2) is 4.24. The predicted octanol–water partition coefficient (Wildman–Crippen LogP) is 2.85. The monoisotopic (exact) mass is 287 g/mol. The lowest BCUT2D eigenvalue weighted by Gasteiger charge is -2.07. The number of fused-ring (bicyclic) bond motifs is 1. The number of anilines is 1. The van der Waals surface area contributed by atoms with Crippen molar-refractivity contribution in [1.82, 2.24) is 19.3 Å². The van der Waals surface area contributed by atoms with Gasteiger partial charge in [-0.15, -0.1) is 0 Å². The summed E-state index contributed by atoms with van der Waals surface area (Å²) in [5.41, 5.74) is 8.47. The van der Waals surface area contributed by atoms with E-state index in [2.05, 4.69) is 9.67 Å². The van der Waals surface area contributed by atoms with Crippen LogP contribution in [0.1, 0.15) is 24.7 Å². The van der Waals surface area contributed by atoms with Gasteiger partial charge in [0.25, 0.3) is 0 Å². The quantitative estimate of drug-likeness (QED) is 0.806. The number of halogens is 1. The lowest BCUT2D eigenvalue weighted by Crippen LogP contribution is -2.08. The van der Waals surface area contributed by atoms with Gasteiger partial charge in [-0.2, -0.15) is 5.10 Å². The van der Waals surface area contributed by atoms with Crippen LogP contribution in [0, 0.1) is 0 Å². The molecule has 0 aliphatic heterocycles. The second-order valence-electron chi connectivity index (χ2n) is 5.23. The summed E-state index contributed by atoms with van der Waals surface area (Å²) in [6.45, 7) is 0.625. The van der Waals surface area contributed by atoms with E-state index in [-0.39, 0.29) is 0 Å². The van der Waals surface area contributed by atoms with E-state index in [4.69, 9.17) is 22.3 Å². The fraction of sp³-hybridized carbons (Fsp3) is 0.286. The van der Waals surface area contributed by atoms with Crippen molar-refractivity contribution < 1.29 is 0 Å². The molecule has 1 saturated carbocycles. The maximum Gasteiger partial charge on any atom is 0.131 e. The van der Waals surface area contributed by atoms with Gasteiger partial charge in [0.2, 0.25) is 0 Å². The van der Waals surface area contributed by atoms with Crippen molar-refractivity contribution in [3.8, 4) is 0 Å². The average Bonchev–Trinajstić information content (AvgIpc) is 3.07. The molecule has 2 heterocycles. The number of rotatable bonds is 3. The molecule has 0 radical (unpaired) electrons. The number of hydrogen-bond acceptors (Lipinski definition) is 3. The summed E-state index contributed by atoms with van der Waals surface area (Å²) in [6, 6.07) is 6.44. The van der Waals surface area contributed by atoms with E-state index in [0.717, 1.165) is 16.9 Å². The van der Waals surface area contributed by atoms with Crippen molar-refractivity contribution in [2.45, 2.75) is 25.4 Å². The molecule has 1 aliphatic rings. The summed E-state index contributed by atoms with van der Waals surface area (Å²) in [7, 11) is 0. The number of nitrogens with zero attached hydrogens (tertiary/aromatic N) is 4. The zero-order valence-electron chi connectivity index (χ0n) is 10.8. The summed E-state index contributed by atoms with van der Waals surface area (Å²) in [5.74, 6) is 1.01. The molecule has 2 N–H and O–H groups in total. The highest BCUT2D eigenvalue weighted by Gasteiger charge is 2.28. The number of aromatic nitrogens is 4. The third kappa shape index (κ3) is 1.94. The Morgan fingerprint density at radius 1 is 1.35 bits per heavy atom. The SMILES string of the molecule is Nc1cnn(Cc2nc3cc(Cl)ccc3n2C2CC2)c1. The van der Waals surface area contributed by atoms with Crippen LogP contribution >= 0.6 is 11.6 Å². The molecular weight excluding hydrogens is 274 g/mol. The van der Waals surface area contributed by atoms with Crippen molar-refractivity contribution in [2.24, 2.45) is 0 Å². The normalized spacial score (nSPS) is 15.1. The second-order valence-corrected chi connectivity index (χ2v) is 5.67. The van der Waals surface area contributed by atoms with Crippen LogP contribution in [0.3, 0.4) is 0 Å². The van der Waals surface area contributed by atoms with Crippen molar-refractivity contribution in [3.63, 3.8) is 0 Å². The van der Waals surface area contributed by atoms with Crippen molar-refractivity contribution in [1.29, 1.82) is 0 Å². The summed E-state index contributed by atoms with van der Waals surface area (Å²) < 4.78 is 4.13. The molecule has 3 aromatic rings. The molecule has 0 amide bonds. The molecule has 1 fully saturated rings. The average molecular weight is 288 g/mol. The van der Waals surface area contributed by atoms with Gasteiger partial charge >= 0.3 is 0 Å². The zero-order valence-corrected chi connectivity index (χ0v) is 11.6. The Morgan fingerprint density at radius 2 is 2.20 bits per heavy atom. The van der Waals surface area contributed by atoms with Crippen LogP contribution < -0.4 is 5.73 Å². The number of nitrogen functional groups attached to an aromatic ring is 1. The van der Waals surface area contributed by atoms with E-state index >= 15 is 0 Å². The van der Waals surface area contributed by atoms with Gasteiger partial charge < -0.3 is 10.3 Å². The summed E-state index contributed by atoms with van der Waals surface area (Å²) >= 11 is 6.06. The van der Waals surface area contributed by atoms with E-state index < -0.39 is 0 Å². The van der Waals surface area contributed by atoms with Crippen molar-refractivity contribution in [2.75, 3.05) is 5.73 Å². The van der Waals surface area contributed by atoms with Crippen molar-refractivity contribution in [3.05, 3.63) is 41.4 Å². The lowest BCUT2D eigenvalue weighted by atomic mass is 10.3. The molecule has 102 valence electrons. The fourth-order valence-corrected chi connectivity index (χ4v) is 2.75. The minimum Gasteiger partial charge on any atom is -0.396 e. The summed E-state index contributed by atoms with van der Waals surface area (Å²) in [6.07, 6.45) is 5.90. The van der Waals surface area contributed by atoms with E-state index in [1.807, 2.05) is 29.1 Å². The van der Waals surface area contributed by atoms with E-state index in [0.29, 0.717) is 23.3 Å². The molecule has 0 saturated heterocycles. The third-order valence-corrected chi connectivity index (χ3v) is 3.83. The fourth-order valence-electron chi connectivity index (χ4n) is 2.58. The molecule has 4 rings (SSSR count). The largest absolute Gasteiger partial charge is 0.396 e. The molecule has 0 unspecified atom stereocenters. The Morgan fingerprint density at radius 3 is 2.90 bits per heavy atom. The molecular formula is C14H14ClN5. The highest BCUT2D eigenvalue weighted by Crippen LogP contribution is 2.39. The van der Waals surface area contributed by atoms with Crippen molar-refractivity contribution >= 4 is 28.3 Å². The van der Waals surface area contributed by atoms with Crippen LogP contribution in [0.5, 0.6) is 0 Å². The Balaban J connectivity index is 1.83. The molecule has 0 atom stereocenters. The van der Waals surface area contributed by atoms with Gasteiger partial charge in [-0.3, -0.25) is 4.68 Å². The van der Waals surface area contributed by atoms with Gasteiger partial charge in [0.15, 0.2) is 0 Å². The topological polar surface area (TPSA) is 61.7 Å². The van der Waals surface area contributed by atoms with Crippen LogP contribution in [-0.4, -0.2) is 19.3 Å². The lowest BCUT2D eigenvalue weighted by molar-refractivity contribution is 0.608. The number of imidazole rings is 1. The molecule has 1 aromatic carbocycles. The highest BCUT2D eigenvalue weighted by atomic mass is 35.5. The molecule has 0 spiro atoms. The van der Waals surface area contributed by atoms with Gasteiger partial charge in [0.1, 0.15) is 5.82 Å². The van der Waals surface area contributed by atoms with Gasteiger partial charge in [0.05, 0.1) is 29.5 Å². The molecule has 20 heavy (non-hydrogen) atoms. The first-order valence-electron chi connectivity index (χ1n) is 6.65. The van der Waals surface area contributed by atoms with Crippen LogP contribution in [-0.2, 0) is 6.54 Å². The predicted molar refractivity (Wildman–Crippen MR) is 78.8 cm³/mol. The number of benzene rings is 1. The molecule has 2 aromatic heterocycles. The first-order valence-corrected chi connectivity index (χ1v) is 7.03. The van der Waals surface area contributed by atoms with E-state index in [9.17, 15) is 0 Å². The Hall–Kier alpha value is -2.01. The molecule has 6 heteroatoms. The number of nitrogens with two attached hydrogens (primary N) is 1. The van der Waals surface area contributed by atoms with Crippen LogP contribution in [0.2, 0.25) is 5.02 Å². The maximum absolute atomic E-state index is 6.06. The first kappa shape index (κ1) is 11.8. The Kier molecular flexibility index (Phi) is 2.50.